The van der Waals surface area contributed by atoms with Gasteiger partial charge in [-0.2, -0.15) is 5.10 Å². The summed E-state index contributed by atoms with van der Waals surface area (Å²) in [5, 5.41) is 11.1. The van der Waals surface area contributed by atoms with Gasteiger partial charge < -0.3 is 14.8 Å². The van der Waals surface area contributed by atoms with E-state index in [1.54, 1.807) is 0 Å². The van der Waals surface area contributed by atoms with E-state index in [9.17, 15) is 0 Å². The number of rotatable bonds is 5. The first-order chi connectivity index (χ1) is 8.38. The fourth-order valence-electron chi connectivity index (χ4n) is 1.82. The van der Waals surface area contributed by atoms with Gasteiger partial charge in [-0.3, -0.25) is 0 Å². The second kappa shape index (κ2) is 6.51. The van der Waals surface area contributed by atoms with Crippen LogP contribution in [-0.2, 0) is 11.3 Å². The minimum atomic E-state index is 0.211. The zero-order valence-corrected chi connectivity index (χ0v) is 10.2. The third kappa shape index (κ3) is 3.94. The van der Waals surface area contributed by atoms with E-state index in [2.05, 4.69) is 15.5 Å². The molecule has 1 unspecified atom stereocenters. The first-order valence-electron chi connectivity index (χ1n) is 6.10. The highest BCUT2D eigenvalue weighted by Crippen LogP contribution is 2.14. The van der Waals surface area contributed by atoms with Gasteiger partial charge in [-0.05, 0) is 32.4 Å². The van der Waals surface area contributed by atoms with Crippen LogP contribution in [0.2, 0.25) is 0 Å². The lowest BCUT2D eigenvalue weighted by Crippen LogP contribution is -2.26. The van der Waals surface area contributed by atoms with Gasteiger partial charge in [0.2, 0.25) is 5.88 Å². The van der Waals surface area contributed by atoms with Gasteiger partial charge >= 0.3 is 0 Å². The van der Waals surface area contributed by atoms with Gasteiger partial charge in [-0.1, -0.05) is 0 Å². The molecule has 1 atom stereocenters. The normalized spacial score (nSPS) is 20.2. The summed E-state index contributed by atoms with van der Waals surface area (Å²) in [6, 6.07) is 3.77. The lowest BCUT2D eigenvalue weighted by atomic mass is 10.1. The largest absolute Gasteiger partial charge is 0.474 e. The number of nitrogens with one attached hydrogen (secondary N) is 1. The molecule has 0 aromatic carbocycles. The van der Waals surface area contributed by atoms with Crippen LogP contribution in [0.25, 0.3) is 0 Å². The summed E-state index contributed by atoms with van der Waals surface area (Å²) < 4.78 is 11.1. The molecule has 1 aliphatic heterocycles. The maximum atomic E-state index is 5.58. The van der Waals surface area contributed by atoms with Crippen molar-refractivity contribution in [1.29, 1.82) is 0 Å². The zero-order valence-electron chi connectivity index (χ0n) is 10.2. The van der Waals surface area contributed by atoms with Crippen LogP contribution in [-0.4, -0.2) is 36.6 Å². The highest BCUT2D eigenvalue weighted by atomic mass is 16.5. The van der Waals surface area contributed by atoms with E-state index in [0.717, 1.165) is 31.7 Å². The SMILES string of the molecule is CNCc1ccc(OCC2CCCCO2)nn1. The first-order valence-corrected chi connectivity index (χ1v) is 6.10. The summed E-state index contributed by atoms with van der Waals surface area (Å²) >= 11 is 0. The third-order valence-corrected chi connectivity index (χ3v) is 2.74. The molecule has 0 radical (unpaired) electrons. The molecular weight excluding hydrogens is 218 g/mol. The van der Waals surface area contributed by atoms with Crippen molar-refractivity contribution in [2.75, 3.05) is 20.3 Å². The van der Waals surface area contributed by atoms with Crippen molar-refractivity contribution in [2.45, 2.75) is 31.9 Å². The highest BCUT2D eigenvalue weighted by molar-refractivity contribution is 5.11. The molecule has 1 saturated heterocycles. The molecule has 2 rings (SSSR count). The molecule has 0 amide bonds. The third-order valence-electron chi connectivity index (χ3n) is 2.74. The van der Waals surface area contributed by atoms with Gasteiger partial charge in [0.25, 0.3) is 0 Å². The Balaban J connectivity index is 1.77. The van der Waals surface area contributed by atoms with Crippen molar-refractivity contribution in [3.8, 4) is 5.88 Å². The fourth-order valence-corrected chi connectivity index (χ4v) is 1.82. The van der Waals surface area contributed by atoms with Crippen LogP contribution in [0.4, 0.5) is 0 Å². The number of nitrogens with zero attached hydrogens (tertiary/aromatic N) is 2. The minimum Gasteiger partial charge on any atom is -0.474 e. The highest BCUT2D eigenvalue weighted by Gasteiger charge is 2.14. The van der Waals surface area contributed by atoms with Crippen LogP contribution >= 0.6 is 0 Å². The van der Waals surface area contributed by atoms with Crippen LogP contribution < -0.4 is 10.1 Å². The molecule has 1 N–H and O–H groups in total. The molecule has 0 spiro atoms. The maximum Gasteiger partial charge on any atom is 0.233 e. The Hall–Kier alpha value is -1.20. The Kier molecular flexibility index (Phi) is 4.70. The van der Waals surface area contributed by atoms with Crippen molar-refractivity contribution >= 4 is 0 Å². The Morgan fingerprint density at radius 2 is 2.35 bits per heavy atom. The van der Waals surface area contributed by atoms with Gasteiger partial charge in [-0.15, -0.1) is 5.10 Å². The molecule has 94 valence electrons. The van der Waals surface area contributed by atoms with Gasteiger partial charge in [0, 0.05) is 19.2 Å². The van der Waals surface area contributed by atoms with Crippen molar-refractivity contribution in [3.05, 3.63) is 17.8 Å². The van der Waals surface area contributed by atoms with Crippen LogP contribution in [0.5, 0.6) is 5.88 Å². The molecule has 17 heavy (non-hydrogen) atoms. The molecule has 2 heterocycles. The predicted octanol–water partition coefficient (Wildman–Crippen LogP) is 1.14. The molecule has 5 nitrogen and oxygen atoms in total. The smallest absolute Gasteiger partial charge is 0.233 e. The Morgan fingerprint density at radius 3 is 3.00 bits per heavy atom. The van der Waals surface area contributed by atoms with Crippen molar-refractivity contribution in [2.24, 2.45) is 0 Å². The van der Waals surface area contributed by atoms with E-state index in [-0.39, 0.29) is 6.10 Å². The summed E-state index contributed by atoms with van der Waals surface area (Å²) in [6.45, 7) is 2.14. The van der Waals surface area contributed by atoms with Crippen molar-refractivity contribution < 1.29 is 9.47 Å². The Bertz CT molecular complexity index is 323. The minimum absolute atomic E-state index is 0.211. The van der Waals surface area contributed by atoms with E-state index in [4.69, 9.17) is 9.47 Å². The molecular formula is C12H19N3O2. The van der Waals surface area contributed by atoms with Crippen molar-refractivity contribution in [3.63, 3.8) is 0 Å². The maximum absolute atomic E-state index is 5.58. The van der Waals surface area contributed by atoms with E-state index in [1.807, 2.05) is 19.2 Å². The van der Waals surface area contributed by atoms with Crippen molar-refractivity contribution in [1.82, 2.24) is 15.5 Å². The number of ether oxygens (including phenoxy) is 2. The van der Waals surface area contributed by atoms with E-state index >= 15 is 0 Å². The van der Waals surface area contributed by atoms with Gasteiger partial charge in [-0.25, -0.2) is 0 Å². The summed E-state index contributed by atoms with van der Waals surface area (Å²) in [6.07, 6.45) is 3.67. The van der Waals surface area contributed by atoms with E-state index in [0.29, 0.717) is 12.5 Å². The zero-order chi connectivity index (χ0) is 11.9. The predicted molar refractivity (Wildman–Crippen MR) is 63.9 cm³/mol. The fraction of sp³-hybridized carbons (Fsp3) is 0.667. The average Bonchev–Trinajstić information content (AvgIpc) is 2.40. The second-order valence-electron chi connectivity index (χ2n) is 4.19. The Morgan fingerprint density at radius 1 is 1.41 bits per heavy atom. The summed E-state index contributed by atoms with van der Waals surface area (Å²) in [7, 11) is 1.88. The van der Waals surface area contributed by atoms with Gasteiger partial charge in [0.1, 0.15) is 6.61 Å². The molecule has 5 heteroatoms. The van der Waals surface area contributed by atoms with Gasteiger partial charge in [0.05, 0.1) is 11.8 Å². The van der Waals surface area contributed by atoms with E-state index in [1.165, 1.54) is 6.42 Å². The van der Waals surface area contributed by atoms with E-state index < -0.39 is 0 Å². The summed E-state index contributed by atoms with van der Waals surface area (Å²) in [4.78, 5) is 0. The van der Waals surface area contributed by atoms with Crippen LogP contribution in [0.1, 0.15) is 25.0 Å². The van der Waals surface area contributed by atoms with Crippen LogP contribution in [0, 0.1) is 0 Å². The summed E-state index contributed by atoms with van der Waals surface area (Å²) in [5.74, 6) is 0.569. The number of hydrogen-bond acceptors (Lipinski definition) is 5. The molecule has 0 aliphatic carbocycles. The summed E-state index contributed by atoms with van der Waals surface area (Å²) in [5.41, 5.74) is 0.911. The molecule has 0 saturated carbocycles. The molecule has 1 aromatic rings. The topological polar surface area (TPSA) is 56.3 Å². The first kappa shape index (κ1) is 12.3. The molecule has 1 fully saturated rings. The Labute approximate surface area is 102 Å². The molecule has 0 bridgehead atoms. The number of aromatic nitrogens is 2. The van der Waals surface area contributed by atoms with Crippen LogP contribution in [0.3, 0.4) is 0 Å². The molecule has 1 aromatic heterocycles. The second-order valence-corrected chi connectivity index (χ2v) is 4.19. The number of hydrogen-bond donors (Lipinski definition) is 1. The van der Waals surface area contributed by atoms with Crippen LogP contribution in [0.15, 0.2) is 12.1 Å². The van der Waals surface area contributed by atoms with Gasteiger partial charge in [0.15, 0.2) is 0 Å². The standard InChI is InChI=1S/C12H19N3O2/c1-13-8-10-5-6-12(15-14-10)17-9-11-4-2-3-7-16-11/h5-6,11,13H,2-4,7-9H2,1H3. The molecule has 1 aliphatic rings. The lowest BCUT2D eigenvalue weighted by Gasteiger charge is -2.22. The lowest BCUT2D eigenvalue weighted by molar-refractivity contribution is -0.0121. The average molecular weight is 237 g/mol. The monoisotopic (exact) mass is 237 g/mol. The quantitative estimate of drug-likeness (QED) is 0.832.